The van der Waals surface area contributed by atoms with E-state index in [0.29, 0.717) is 22.8 Å². The van der Waals surface area contributed by atoms with Gasteiger partial charge in [0.1, 0.15) is 0 Å². The van der Waals surface area contributed by atoms with Crippen LogP contribution in [0.25, 0.3) is 0 Å². The van der Waals surface area contributed by atoms with Gasteiger partial charge in [0.15, 0.2) is 0 Å². The normalized spacial score (nSPS) is 10.3. The van der Waals surface area contributed by atoms with Crippen molar-refractivity contribution < 1.29 is 4.79 Å². The van der Waals surface area contributed by atoms with Crippen LogP contribution in [0.15, 0.2) is 42.5 Å². The zero-order valence-corrected chi connectivity index (χ0v) is 12.1. The molecule has 0 aliphatic carbocycles. The van der Waals surface area contributed by atoms with Gasteiger partial charge in [-0.1, -0.05) is 23.7 Å². The molecular formula is C16H17ClN2O. The number of carbonyl (C=O) groups is 1. The van der Waals surface area contributed by atoms with Crippen molar-refractivity contribution in [2.24, 2.45) is 0 Å². The van der Waals surface area contributed by atoms with E-state index in [-0.39, 0.29) is 5.91 Å². The predicted octanol–water partition coefficient (Wildman–Crippen LogP) is 3.20. The largest absolute Gasteiger partial charge is 0.399 e. The van der Waals surface area contributed by atoms with Gasteiger partial charge in [0, 0.05) is 22.8 Å². The fourth-order valence-corrected chi connectivity index (χ4v) is 2.27. The highest BCUT2D eigenvalue weighted by Gasteiger charge is 2.06. The van der Waals surface area contributed by atoms with E-state index in [9.17, 15) is 4.79 Å². The first-order chi connectivity index (χ1) is 9.54. The standard InChI is InChI=1S/C16H17ClN2O/c1-11-7-13(10-15(18)8-11)16(20)19-6-5-12-3-2-4-14(17)9-12/h2-4,7-10H,5-6,18H2,1H3,(H,19,20). The maximum Gasteiger partial charge on any atom is 0.251 e. The van der Waals surface area contributed by atoms with Crippen LogP contribution >= 0.6 is 11.6 Å². The average Bonchev–Trinajstić information content (AvgIpc) is 2.37. The Balaban J connectivity index is 1.92. The molecular weight excluding hydrogens is 272 g/mol. The maximum atomic E-state index is 12.0. The molecule has 0 aromatic heterocycles. The number of hydrogen-bond acceptors (Lipinski definition) is 2. The molecule has 0 spiro atoms. The molecule has 3 nitrogen and oxygen atoms in total. The summed E-state index contributed by atoms with van der Waals surface area (Å²) in [6, 6.07) is 13.0. The van der Waals surface area contributed by atoms with Crippen LogP contribution in [0.1, 0.15) is 21.5 Å². The molecule has 0 saturated heterocycles. The van der Waals surface area contributed by atoms with Crippen LogP contribution in [0.5, 0.6) is 0 Å². The third-order valence-electron chi connectivity index (χ3n) is 2.95. The summed E-state index contributed by atoms with van der Waals surface area (Å²) < 4.78 is 0. The molecule has 3 N–H and O–H groups in total. The number of aryl methyl sites for hydroxylation is 1. The summed E-state index contributed by atoms with van der Waals surface area (Å²) in [4.78, 5) is 12.0. The second-order valence-corrected chi connectivity index (χ2v) is 5.20. The first kappa shape index (κ1) is 14.4. The van der Waals surface area contributed by atoms with Gasteiger partial charge in [0.2, 0.25) is 0 Å². The van der Waals surface area contributed by atoms with E-state index in [1.165, 1.54) is 0 Å². The Morgan fingerprint density at radius 3 is 2.75 bits per heavy atom. The first-order valence-corrected chi connectivity index (χ1v) is 6.82. The van der Waals surface area contributed by atoms with E-state index < -0.39 is 0 Å². The van der Waals surface area contributed by atoms with Gasteiger partial charge in [-0.25, -0.2) is 0 Å². The summed E-state index contributed by atoms with van der Waals surface area (Å²) in [7, 11) is 0. The van der Waals surface area contributed by atoms with Gasteiger partial charge in [-0.15, -0.1) is 0 Å². The van der Waals surface area contributed by atoms with Crippen molar-refractivity contribution in [3.63, 3.8) is 0 Å². The van der Waals surface area contributed by atoms with Gasteiger partial charge in [0.05, 0.1) is 0 Å². The quantitative estimate of drug-likeness (QED) is 0.849. The van der Waals surface area contributed by atoms with Crippen molar-refractivity contribution in [3.8, 4) is 0 Å². The Hall–Kier alpha value is -2.00. The van der Waals surface area contributed by atoms with Crippen molar-refractivity contribution >= 4 is 23.2 Å². The molecule has 0 heterocycles. The van der Waals surface area contributed by atoms with Gasteiger partial charge in [-0.05, 0) is 54.8 Å². The van der Waals surface area contributed by atoms with Gasteiger partial charge >= 0.3 is 0 Å². The lowest BCUT2D eigenvalue weighted by atomic mass is 10.1. The van der Waals surface area contributed by atoms with Crippen LogP contribution in [0.4, 0.5) is 5.69 Å². The van der Waals surface area contributed by atoms with Crippen molar-refractivity contribution in [1.82, 2.24) is 5.32 Å². The molecule has 4 heteroatoms. The Kier molecular flexibility index (Phi) is 4.64. The molecule has 0 atom stereocenters. The van der Waals surface area contributed by atoms with E-state index >= 15 is 0 Å². The summed E-state index contributed by atoms with van der Waals surface area (Å²) in [6.45, 7) is 2.48. The number of benzene rings is 2. The molecule has 2 aromatic rings. The third-order valence-corrected chi connectivity index (χ3v) is 3.19. The third kappa shape index (κ3) is 4.00. The number of rotatable bonds is 4. The number of nitrogens with two attached hydrogens (primary N) is 1. The van der Waals surface area contributed by atoms with E-state index in [2.05, 4.69) is 5.32 Å². The molecule has 20 heavy (non-hydrogen) atoms. The molecule has 2 aromatic carbocycles. The van der Waals surface area contributed by atoms with Crippen molar-refractivity contribution in [2.75, 3.05) is 12.3 Å². The molecule has 2 rings (SSSR count). The zero-order chi connectivity index (χ0) is 14.5. The molecule has 0 fully saturated rings. The van der Waals surface area contributed by atoms with Crippen molar-refractivity contribution in [3.05, 3.63) is 64.2 Å². The Bertz CT molecular complexity index is 605. The van der Waals surface area contributed by atoms with Gasteiger partial charge in [-0.3, -0.25) is 4.79 Å². The number of carbonyl (C=O) groups excluding carboxylic acids is 1. The smallest absolute Gasteiger partial charge is 0.251 e. The van der Waals surface area contributed by atoms with Crippen molar-refractivity contribution in [1.29, 1.82) is 0 Å². The number of nitrogen functional groups attached to an aromatic ring is 1. The molecule has 0 saturated carbocycles. The minimum atomic E-state index is -0.109. The number of hydrogen-bond donors (Lipinski definition) is 2. The number of amides is 1. The molecule has 0 aliphatic heterocycles. The summed E-state index contributed by atoms with van der Waals surface area (Å²) in [6.07, 6.45) is 0.744. The topological polar surface area (TPSA) is 55.1 Å². The van der Waals surface area contributed by atoms with Crippen LogP contribution in [0, 0.1) is 6.92 Å². The van der Waals surface area contributed by atoms with Crippen LogP contribution in [-0.2, 0) is 6.42 Å². The Morgan fingerprint density at radius 1 is 1.25 bits per heavy atom. The highest BCUT2D eigenvalue weighted by Crippen LogP contribution is 2.12. The van der Waals surface area contributed by atoms with Gasteiger partial charge in [0.25, 0.3) is 5.91 Å². The summed E-state index contributed by atoms with van der Waals surface area (Å²) in [5.74, 6) is -0.109. The first-order valence-electron chi connectivity index (χ1n) is 6.44. The zero-order valence-electron chi connectivity index (χ0n) is 11.3. The Morgan fingerprint density at radius 2 is 2.05 bits per heavy atom. The summed E-state index contributed by atoms with van der Waals surface area (Å²) in [5.41, 5.74) is 9.01. The highest BCUT2D eigenvalue weighted by atomic mass is 35.5. The lowest BCUT2D eigenvalue weighted by molar-refractivity contribution is 0.0954. The van der Waals surface area contributed by atoms with E-state index in [4.69, 9.17) is 17.3 Å². The molecule has 0 radical (unpaired) electrons. The number of nitrogens with one attached hydrogen (secondary N) is 1. The van der Waals surface area contributed by atoms with Crippen LogP contribution in [0.3, 0.4) is 0 Å². The van der Waals surface area contributed by atoms with Crippen LogP contribution in [-0.4, -0.2) is 12.5 Å². The molecule has 104 valence electrons. The minimum absolute atomic E-state index is 0.109. The number of halogens is 1. The Labute approximate surface area is 123 Å². The van der Waals surface area contributed by atoms with Crippen LogP contribution < -0.4 is 11.1 Å². The van der Waals surface area contributed by atoms with Crippen LogP contribution in [0.2, 0.25) is 5.02 Å². The van der Waals surface area contributed by atoms with E-state index in [0.717, 1.165) is 17.5 Å². The second kappa shape index (κ2) is 6.44. The molecule has 0 aliphatic rings. The number of anilines is 1. The maximum absolute atomic E-state index is 12.0. The lowest BCUT2D eigenvalue weighted by Gasteiger charge is -2.07. The van der Waals surface area contributed by atoms with Gasteiger partial charge in [-0.2, -0.15) is 0 Å². The monoisotopic (exact) mass is 288 g/mol. The fraction of sp³-hybridized carbons (Fsp3) is 0.188. The summed E-state index contributed by atoms with van der Waals surface area (Å²) in [5, 5.41) is 3.59. The SMILES string of the molecule is Cc1cc(N)cc(C(=O)NCCc2cccc(Cl)c2)c1. The van der Waals surface area contributed by atoms with E-state index in [1.54, 1.807) is 6.07 Å². The predicted molar refractivity (Wildman–Crippen MR) is 83.1 cm³/mol. The molecule has 0 unspecified atom stereocenters. The van der Waals surface area contributed by atoms with E-state index in [1.807, 2.05) is 43.3 Å². The summed E-state index contributed by atoms with van der Waals surface area (Å²) >= 11 is 5.92. The lowest BCUT2D eigenvalue weighted by Crippen LogP contribution is -2.25. The average molecular weight is 289 g/mol. The minimum Gasteiger partial charge on any atom is -0.399 e. The highest BCUT2D eigenvalue weighted by molar-refractivity contribution is 6.30. The van der Waals surface area contributed by atoms with Gasteiger partial charge < -0.3 is 11.1 Å². The second-order valence-electron chi connectivity index (χ2n) is 4.77. The fourth-order valence-electron chi connectivity index (χ4n) is 2.06. The van der Waals surface area contributed by atoms with Crippen molar-refractivity contribution in [2.45, 2.75) is 13.3 Å². The molecule has 1 amide bonds. The molecule has 0 bridgehead atoms.